The van der Waals surface area contributed by atoms with Crippen LogP contribution in [0.25, 0.3) is 0 Å². The van der Waals surface area contributed by atoms with Crippen LogP contribution in [0.1, 0.15) is 64.5 Å². The Kier molecular flexibility index (Phi) is 13.6. The number of likely N-dealkylation sites (tertiary alicyclic amines) is 1. The van der Waals surface area contributed by atoms with Crippen molar-refractivity contribution in [3.63, 3.8) is 0 Å². The molecule has 270 valence electrons. The van der Waals surface area contributed by atoms with Crippen molar-refractivity contribution in [3.05, 3.63) is 61.2 Å². The van der Waals surface area contributed by atoms with E-state index in [0.717, 1.165) is 12.8 Å². The number of ether oxygens (including phenoxy) is 3. The minimum atomic E-state index is -1.32. The van der Waals surface area contributed by atoms with E-state index in [9.17, 15) is 24.3 Å². The highest BCUT2D eigenvalue weighted by molar-refractivity contribution is 9.09. The molecule has 2 N–H and O–H groups in total. The molecule has 3 aliphatic heterocycles. The number of halogens is 1. The lowest BCUT2D eigenvalue weighted by atomic mass is 9.70. The first-order valence-electron chi connectivity index (χ1n) is 17.3. The summed E-state index contributed by atoms with van der Waals surface area (Å²) in [6.07, 6.45) is 4.25. The van der Waals surface area contributed by atoms with Crippen molar-refractivity contribution in [2.24, 2.45) is 17.8 Å². The van der Waals surface area contributed by atoms with E-state index < -0.39 is 59.6 Å². The predicted molar refractivity (Wildman–Crippen MR) is 188 cm³/mol. The monoisotopic (exact) mass is 745 g/mol. The van der Waals surface area contributed by atoms with Crippen molar-refractivity contribution < 1.29 is 38.5 Å². The standard InChI is InChI=1S/C37H52BrN3O8/c1-7-10-17-28(43)39-26(22-47-6)31(24-15-13-12-14-16-24)48-36(46)29-30-34(44)41(27(21-42)23(4)5)33(37(30)20-25(38)32(29)49-37)35(45)40(18-9-3)19-11-8-2/h7,9,12-16,23,25-27,29-33,42H,1,3,8,10-11,17-22H2,2,4-6H3,(H,39,43)/t25?,26-,27-,29-,30+,31-,32-,33-,37+/m0/s1. The third-order valence-electron chi connectivity index (χ3n) is 9.99. The van der Waals surface area contributed by atoms with Crippen LogP contribution in [0.4, 0.5) is 0 Å². The van der Waals surface area contributed by atoms with Gasteiger partial charge in [0.1, 0.15) is 17.7 Å². The molecule has 12 heteroatoms. The van der Waals surface area contributed by atoms with Gasteiger partial charge in [-0.3, -0.25) is 19.2 Å². The van der Waals surface area contributed by atoms with Gasteiger partial charge >= 0.3 is 5.97 Å². The van der Waals surface area contributed by atoms with E-state index in [1.165, 1.54) is 12.0 Å². The van der Waals surface area contributed by atoms with Gasteiger partial charge in [-0.15, -0.1) is 13.2 Å². The third-order valence-corrected chi connectivity index (χ3v) is 10.8. The summed E-state index contributed by atoms with van der Waals surface area (Å²) in [6, 6.07) is 6.60. The quantitative estimate of drug-likeness (QED) is 0.124. The number of unbranched alkanes of at least 4 members (excludes halogenated alkanes) is 1. The number of hydrogen-bond acceptors (Lipinski definition) is 8. The number of nitrogens with zero attached hydrogens (tertiary/aromatic N) is 2. The number of aliphatic hydroxyl groups excluding tert-OH is 1. The van der Waals surface area contributed by atoms with Crippen molar-refractivity contribution in [2.75, 3.05) is 33.4 Å². The Balaban J connectivity index is 1.76. The van der Waals surface area contributed by atoms with Gasteiger partial charge < -0.3 is 34.4 Å². The lowest BCUT2D eigenvalue weighted by Crippen LogP contribution is -2.60. The lowest BCUT2D eigenvalue weighted by Gasteiger charge is -2.40. The van der Waals surface area contributed by atoms with Crippen molar-refractivity contribution in [2.45, 2.75) is 93.6 Å². The fraction of sp³-hybridized carbons (Fsp3) is 0.622. The van der Waals surface area contributed by atoms with Gasteiger partial charge in [-0.25, -0.2) is 0 Å². The molecular weight excluding hydrogens is 694 g/mol. The molecule has 3 amide bonds. The number of rotatable bonds is 19. The summed E-state index contributed by atoms with van der Waals surface area (Å²) in [7, 11) is 1.50. The average molecular weight is 747 g/mol. The average Bonchev–Trinajstić information content (AvgIpc) is 3.68. The molecule has 1 spiro atoms. The second-order valence-corrected chi connectivity index (χ2v) is 14.7. The lowest BCUT2D eigenvalue weighted by molar-refractivity contribution is -0.163. The highest BCUT2D eigenvalue weighted by atomic mass is 79.9. The Bertz CT molecular complexity index is 1340. The van der Waals surface area contributed by atoms with Crippen molar-refractivity contribution >= 4 is 39.6 Å². The molecule has 0 aliphatic carbocycles. The molecule has 2 bridgehead atoms. The third kappa shape index (κ3) is 7.82. The summed E-state index contributed by atoms with van der Waals surface area (Å²) in [5.41, 5.74) is -0.683. The zero-order valence-corrected chi connectivity index (χ0v) is 30.7. The molecule has 0 saturated carbocycles. The maximum absolute atomic E-state index is 14.7. The van der Waals surface area contributed by atoms with Crippen LogP contribution < -0.4 is 5.32 Å². The highest BCUT2D eigenvalue weighted by Gasteiger charge is 2.77. The first kappa shape index (κ1) is 38.7. The molecular formula is C37H52BrN3O8. The number of carbonyl (C=O) groups is 4. The molecule has 0 radical (unpaired) electrons. The van der Waals surface area contributed by atoms with E-state index in [-0.39, 0.29) is 48.7 Å². The van der Waals surface area contributed by atoms with Gasteiger partial charge in [0.05, 0.1) is 43.2 Å². The van der Waals surface area contributed by atoms with E-state index in [0.29, 0.717) is 24.9 Å². The maximum atomic E-state index is 14.7. The first-order valence-corrected chi connectivity index (χ1v) is 18.2. The van der Waals surface area contributed by atoms with Crippen LogP contribution in [0.15, 0.2) is 55.6 Å². The van der Waals surface area contributed by atoms with Gasteiger partial charge in [0.15, 0.2) is 0 Å². The number of aliphatic hydroxyl groups is 1. The summed E-state index contributed by atoms with van der Waals surface area (Å²) in [5, 5.41) is 13.5. The van der Waals surface area contributed by atoms with Crippen LogP contribution in [0, 0.1) is 17.8 Å². The second-order valence-electron chi connectivity index (χ2n) is 13.6. The van der Waals surface area contributed by atoms with Crippen molar-refractivity contribution in [1.29, 1.82) is 0 Å². The summed E-state index contributed by atoms with van der Waals surface area (Å²) in [4.78, 5) is 59.5. The van der Waals surface area contributed by atoms with Crippen LogP contribution in [0.3, 0.4) is 0 Å². The summed E-state index contributed by atoms with van der Waals surface area (Å²) < 4.78 is 18.5. The molecule has 1 aromatic carbocycles. The number of alkyl halides is 1. The number of carbonyl (C=O) groups excluding carboxylic acids is 4. The maximum Gasteiger partial charge on any atom is 0.313 e. The van der Waals surface area contributed by atoms with E-state index in [2.05, 4.69) is 34.4 Å². The number of amides is 3. The van der Waals surface area contributed by atoms with Gasteiger partial charge in [0.2, 0.25) is 17.7 Å². The Morgan fingerprint density at radius 3 is 2.53 bits per heavy atom. The molecule has 0 aromatic heterocycles. The van der Waals surface area contributed by atoms with E-state index in [1.54, 1.807) is 29.2 Å². The number of allylic oxidation sites excluding steroid dienone is 1. The Morgan fingerprint density at radius 2 is 1.94 bits per heavy atom. The number of methoxy groups -OCH3 is 1. The van der Waals surface area contributed by atoms with Crippen molar-refractivity contribution in [1.82, 2.24) is 15.1 Å². The molecule has 11 nitrogen and oxygen atoms in total. The predicted octanol–water partition coefficient (Wildman–Crippen LogP) is 3.95. The van der Waals surface area contributed by atoms with Crippen LogP contribution >= 0.6 is 15.9 Å². The molecule has 3 heterocycles. The summed E-state index contributed by atoms with van der Waals surface area (Å²) in [5.74, 6) is -3.87. The Morgan fingerprint density at radius 1 is 1.22 bits per heavy atom. The Labute approximate surface area is 298 Å². The normalized spacial score (nSPS) is 27.4. The molecule has 4 rings (SSSR count). The van der Waals surface area contributed by atoms with E-state index >= 15 is 0 Å². The largest absolute Gasteiger partial charge is 0.455 e. The van der Waals surface area contributed by atoms with Crippen molar-refractivity contribution in [3.8, 4) is 0 Å². The zero-order chi connectivity index (χ0) is 35.9. The van der Waals surface area contributed by atoms with Crippen LogP contribution in [-0.2, 0) is 33.4 Å². The smallest absolute Gasteiger partial charge is 0.313 e. The van der Waals surface area contributed by atoms with Crippen LogP contribution in [0.2, 0.25) is 0 Å². The SMILES string of the molecule is C=CCCC(=O)N[C@@H](COC)[C@@H](OC(=O)[C@@H]1[C@H]2O[C@@]3(CC2Br)[C@H](C(=O)N(CC=C)CCCC)N([C@@H](CO)C(C)C)C(=O)[C@@H]13)c1ccccc1. The van der Waals surface area contributed by atoms with Gasteiger partial charge in [0, 0.05) is 31.4 Å². The molecule has 3 saturated heterocycles. The number of fused-ring (bicyclic) bond motifs is 1. The first-order chi connectivity index (χ1) is 23.5. The molecule has 49 heavy (non-hydrogen) atoms. The minimum absolute atomic E-state index is 0.0540. The van der Waals surface area contributed by atoms with Gasteiger partial charge in [-0.05, 0) is 30.7 Å². The Hall–Kier alpha value is -3.06. The number of hydrogen-bond donors (Lipinski definition) is 2. The van der Waals surface area contributed by atoms with E-state index in [1.807, 2.05) is 39.0 Å². The van der Waals surface area contributed by atoms with Gasteiger partial charge in [-0.1, -0.05) is 85.6 Å². The molecule has 1 aromatic rings. The summed E-state index contributed by atoms with van der Waals surface area (Å²) in [6.45, 7) is 13.8. The van der Waals surface area contributed by atoms with Crippen LogP contribution in [-0.4, -0.2) is 107 Å². The molecule has 9 atom stereocenters. The zero-order valence-electron chi connectivity index (χ0n) is 29.1. The van der Waals surface area contributed by atoms with E-state index in [4.69, 9.17) is 14.2 Å². The van der Waals surface area contributed by atoms with Gasteiger partial charge in [0.25, 0.3) is 0 Å². The minimum Gasteiger partial charge on any atom is -0.455 e. The van der Waals surface area contributed by atoms with Crippen LogP contribution in [0.5, 0.6) is 0 Å². The highest BCUT2D eigenvalue weighted by Crippen LogP contribution is 2.61. The number of nitrogens with one attached hydrogen (secondary N) is 1. The molecule has 1 unspecified atom stereocenters. The molecule has 3 fully saturated rings. The van der Waals surface area contributed by atoms with Gasteiger partial charge in [-0.2, -0.15) is 0 Å². The molecule has 3 aliphatic rings. The number of esters is 1. The fourth-order valence-electron chi connectivity index (χ4n) is 7.69. The number of benzene rings is 1. The summed E-state index contributed by atoms with van der Waals surface area (Å²) >= 11 is 3.73. The fourth-order valence-corrected chi connectivity index (χ4v) is 8.63. The second kappa shape index (κ2) is 17.2. The topological polar surface area (TPSA) is 135 Å².